The van der Waals surface area contributed by atoms with Gasteiger partial charge >= 0.3 is 5.97 Å². The van der Waals surface area contributed by atoms with Gasteiger partial charge in [-0.15, -0.1) is 0 Å². The molecule has 0 amide bonds. The summed E-state index contributed by atoms with van der Waals surface area (Å²) in [6.07, 6.45) is 2.42. The van der Waals surface area contributed by atoms with Gasteiger partial charge in [0, 0.05) is 32.2 Å². The molecule has 6 nitrogen and oxygen atoms in total. The minimum atomic E-state index is -0.302. The predicted octanol–water partition coefficient (Wildman–Crippen LogP) is 1.16. The number of ketones is 1. The van der Waals surface area contributed by atoms with Crippen molar-refractivity contribution in [3.63, 3.8) is 0 Å². The first kappa shape index (κ1) is 18.0. The second-order valence-electron chi connectivity index (χ2n) is 6.82. The zero-order valence-corrected chi connectivity index (χ0v) is 14.9. The first-order valence-corrected chi connectivity index (χ1v) is 9.11. The lowest BCUT2D eigenvalue weighted by molar-refractivity contribution is -0.136. The van der Waals surface area contributed by atoms with Crippen LogP contribution in [0.25, 0.3) is 0 Å². The predicted molar refractivity (Wildman–Crippen MR) is 96.0 cm³/mol. The second-order valence-corrected chi connectivity index (χ2v) is 6.82. The second kappa shape index (κ2) is 8.56. The van der Waals surface area contributed by atoms with E-state index in [1.165, 1.54) is 19.8 Å². The Bertz CT molecular complexity index is 606. The average molecular weight is 345 g/mol. The van der Waals surface area contributed by atoms with Crippen LogP contribution in [0.1, 0.15) is 30.1 Å². The van der Waals surface area contributed by atoms with Gasteiger partial charge in [-0.05, 0) is 45.0 Å². The summed E-state index contributed by atoms with van der Waals surface area (Å²) in [5, 5.41) is 3.40. The van der Waals surface area contributed by atoms with E-state index in [0.29, 0.717) is 17.4 Å². The normalized spacial score (nSPS) is 20.4. The third-order valence-electron chi connectivity index (χ3n) is 5.07. The van der Waals surface area contributed by atoms with Crippen molar-refractivity contribution in [1.29, 1.82) is 0 Å². The first-order chi connectivity index (χ1) is 12.1. The van der Waals surface area contributed by atoms with Crippen LogP contribution in [0.3, 0.4) is 0 Å². The summed E-state index contributed by atoms with van der Waals surface area (Å²) in [5.74, 6) is -0.0451. The Morgan fingerprint density at radius 2 is 1.80 bits per heavy atom. The van der Waals surface area contributed by atoms with Gasteiger partial charge in [-0.1, -0.05) is 12.1 Å². The largest absolute Gasteiger partial charge is 0.425 e. The number of nitrogens with zero attached hydrogens (tertiary/aromatic N) is 2. The van der Waals surface area contributed by atoms with Gasteiger partial charge in [0.25, 0.3) is 0 Å². The van der Waals surface area contributed by atoms with Crippen LogP contribution < -0.4 is 10.1 Å². The monoisotopic (exact) mass is 345 g/mol. The summed E-state index contributed by atoms with van der Waals surface area (Å²) in [6, 6.07) is 7.57. The Hall–Kier alpha value is -1.76. The highest BCUT2D eigenvalue weighted by molar-refractivity contribution is 5.97. The van der Waals surface area contributed by atoms with Crippen LogP contribution in [-0.4, -0.2) is 73.4 Å². The molecule has 2 saturated heterocycles. The molecular weight excluding hydrogens is 318 g/mol. The Labute approximate surface area is 149 Å². The van der Waals surface area contributed by atoms with Gasteiger partial charge in [0.15, 0.2) is 5.78 Å². The van der Waals surface area contributed by atoms with E-state index in [4.69, 9.17) is 4.74 Å². The lowest BCUT2D eigenvalue weighted by Gasteiger charge is -2.40. The van der Waals surface area contributed by atoms with Gasteiger partial charge in [-0.2, -0.15) is 0 Å². The standard InChI is InChI=1S/C19H27N3O3/c1-15(23)17-4-2-3-5-18(17)25-19(24)14-21-10-12-22(13-11-21)16-6-8-20-9-7-16/h2-5,16,20H,6-14H2,1H3. The van der Waals surface area contributed by atoms with Crippen LogP contribution >= 0.6 is 0 Å². The molecule has 0 aliphatic carbocycles. The molecule has 2 aliphatic heterocycles. The maximum Gasteiger partial charge on any atom is 0.325 e. The molecule has 136 valence electrons. The van der Waals surface area contributed by atoms with Crippen LogP contribution in [0.4, 0.5) is 0 Å². The fraction of sp³-hybridized carbons (Fsp3) is 0.579. The highest BCUT2D eigenvalue weighted by atomic mass is 16.5. The zero-order chi connectivity index (χ0) is 17.6. The number of Topliss-reactive ketones (excluding diaryl/α,β-unsaturated/α-hetero) is 1. The topological polar surface area (TPSA) is 61.9 Å². The van der Waals surface area contributed by atoms with E-state index in [1.807, 2.05) is 0 Å². The molecule has 0 saturated carbocycles. The van der Waals surface area contributed by atoms with E-state index in [1.54, 1.807) is 24.3 Å². The lowest BCUT2D eigenvalue weighted by Crippen LogP contribution is -2.53. The van der Waals surface area contributed by atoms with Gasteiger partial charge in [0.2, 0.25) is 0 Å². The Kier molecular flexibility index (Phi) is 6.18. The van der Waals surface area contributed by atoms with Gasteiger partial charge < -0.3 is 10.1 Å². The van der Waals surface area contributed by atoms with Crippen molar-refractivity contribution < 1.29 is 14.3 Å². The molecule has 25 heavy (non-hydrogen) atoms. The molecule has 2 heterocycles. The minimum absolute atomic E-state index is 0.0982. The molecule has 1 aromatic carbocycles. The Balaban J connectivity index is 1.47. The van der Waals surface area contributed by atoms with Gasteiger partial charge in [0.05, 0.1) is 12.1 Å². The number of esters is 1. The average Bonchev–Trinajstić information content (AvgIpc) is 2.63. The molecule has 1 N–H and O–H groups in total. The van der Waals surface area contributed by atoms with Crippen LogP contribution in [0.15, 0.2) is 24.3 Å². The quantitative estimate of drug-likeness (QED) is 0.491. The maximum absolute atomic E-state index is 12.2. The van der Waals surface area contributed by atoms with Gasteiger partial charge in [-0.3, -0.25) is 19.4 Å². The van der Waals surface area contributed by atoms with Gasteiger partial charge in [0.1, 0.15) is 5.75 Å². The molecule has 2 fully saturated rings. The van der Waals surface area contributed by atoms with E-state index in [2.05, 4.69) is 15.1 Å². The summed E-state index contributed by atoms with van der Waals surface area (Å²) in [7, 11) is 0. The van der Waals surface area contributed by atoms with E-state index in [9.17, 15) is 9.59 Å². The number of ether oxygens (including phenoxy) is 1. The van der Waals surface area contributed by atoms with E-state index in [-0.39, 0.29) is 18.3 Å². The fourth-order valence-corrected chi connectivity index (χ4v) is 3.64. The van der Waals surface area contributed by atoms with Crippen molar-refractivity contribution in [2.75, 3.05) is 45.8 Å². The number of piperazine rings is 1. The molecule has 0 unspecified atom stereocenters. The molecule has 0 bridgehead atoms. The van der Waals surface area contributed by atoms with Crippen molar-refractivity contribution in [1.82, 2.24) is 15.1 Å². The minimum Gasteiger partial charge on any atom is -0.425 e. The summed E-state index contributed by atoms with van der Waals surface area (Å²) >= 11 is 0. The fourth-order valence-electron chi connectivity index (χ4n) is 3.64. The van der Waals surface area contributed by atoms with E-state index >= 15 is 0 Å². The molecule has 2 aliphatic rings. The van der Waals surface area contributed by atoms with Crippen molar-refractivity contribution in [2.45, 2.75) is 25.8 Å². The number of piperidine rings is 1. The van der Waals surface area contributed by atoms with Crippen LogP contribution in [0.5, 0.6) is 5.75 Å². The SMILES string of the molecule is CC(=O)c1ccccc1OC(=O)CN1CCN(C2CCNCC2)CC1. The number of benzene rings is 1. The highest BCUT2D eigenvalue weighted by Crippen LogP contribution is 2.19. The molecular formula is C19H27N3O3. The number of nitrogens with one attached hydrogen (secondary N) is 1. The molecule has 1 aromatic rings. The van der Waals surface area contributed by atoms with E-state index < -0.39 is 0 Å². The lowest BCUT2D eigenvalue weighted by atomic mass is 10.0. The van der Waals surface area contributed by atoms with Crippen LogP contribution in [-0.2, 0) is 4.79 Å². The Morgan fingerprint density at radius 1 is 1.12 bits per heavy atom. The van der Waals surface area contributed by atoms with Crippen molar-refractivity contribution in [2.24, 2.45) is 0 Å². The summed E-state index contributed by atoms with van der Waals surface area (Å²) < 4.78 is 5.43. The summed E-state index contributed by atoms with van der Waals surface area (Å²) in [6.45, 7) is 7.73. The van der Waals surface area contributed by atoms with Gasteiger partial charge in [-0.25, -0.2) is 0 Å². The van der Waals surface area contributed by atoms with Crippen LogP contribution in [0, 0.1) is 0 Å². The molecule has 0 spiro atoms. The molecule has 6 heteroatoms. The Morgan fingerprint density at radius 3 is 2.48 bits per heavy atom. The highest BCUT2D eigenvalue weighted by Gasteiger charge is 2.26. The third kappa shape index (κ3) is 4.87. The van der Waals surface area contributed by atoms with Crippen molar-refractivity contribution in [3.8, 4) is 5.75 Å². The smallest absolute Gasteiger partial charge is 0.325 e. The van der Waals surface area contributed by atoms with E-state index in [0.717, 1.165) is 39.3 Å². The van der Waals surface area contributed by atoms with Crippen LogP contribution in [0.2, 0.25) is 0 Å². The number of carbonyl (C=O) groups is 2. The number of hydrogen-bond donors (Lipinski definition) is 1. The van der Waals surface area contributed by atoms with Crippen molar-refractivity contribution >= 4 is 11.8 Å². The number of para-hydroxylation sites is 1. The molecule has 0 radical (unpaired) electrons. The third-order valence-corrected chi connectivity index (χ3v) is 5.07. The molecule has 0 atom stereocenters. The number of rotatable bonds is 5. The summed E-state index contributed by atoms with van der Waals surface area (Å²) in [5.41, 5.74) is 0.451. The molecule has 0 aromatic heterocycles. The summed E-state index contributed by atoms with van der Waals surface area (Å²) in [4.78, 5) is 28.5. The van der Waals surface area contributed by atoms with Crippen molar-refractivity contribution in [3.05, 3.63) is 29.8 Å². The first-order valence-electron chi connectivity index (χ1n) is 9.11. The number of carbonyl (C=O) groups excluding carboxylic acids is 2. The zero-order valence-electron chi connectivity index (χ0n) is 14.9. The maximum atomic E-state index is 12.2. The number of hydrogen-bond acceptors (Lipinski definition) is 6. The molecule has 3 rings (SSSR count).